The molecule has 2 aromatic rings. The molecule has 86 valence electrons. The molecule has 0 radical (unpaired) electrons. The Bertz CT molecular complexity index is 570. The predicted octanol–water partition coefficient (Wildman–Crippen LogP) is 1.89. The van der Waals surface area contributed by atoms with Gasteiger partial charge in [-0.3, -0.25) is 4.98 Å². The number of nitrogen functional groups attached to an aromatic ring is 1. The Morgan fingerprint density at radius 3 is 3.00 bits per heavy atom. The SMILES string of the molecule is Nc1cncc(N2CCc3ccc(F)cc32)n1. The lowest BCUT2D eigenvalue weighted by Gasteiger charge is -2.17. The Morgan fingerprint density at radius 2 is 2.18 bits per heavy atom. The zero-order chi connectivity index (χ0) is 11.8. The summed E-state index contributed by atoms with van der Waals surface area (Å²) in [7, 11) is 0. The summed E-state index contributed by atoms with van der Waals surface area (Å²) in [5.41, 5.74) is 7.57. The molecule has 0 aliphatic carbocycles. The quantitative estimate of drug-likeness (QED) is 0.812. The van der Waals surface area contributed by atoms with Crippen LogP contribution < -0.4 is 10.6 Å². The third kappa shape index (κ3) is 1.69. The van der Waals surface area contributed by atoms with Crippen LogP contribution in [0.5, 0.6) is 0 Å². The van der Waals surface area contributed by atoms with Gasteiger partial charge < -0.3 is 10.6 Å². The van der Waals surface area contributed by atoms with Gasteiger partial charge in [-0.2, -0.15) is 0 Å². The average molecular weight is 230 g/mol. The maximum Gasteiger partial charge on any atom is 0.153 e. The van der Waals surface area contributed by atoms with Gasteiger partial charge in [-0.15, -0.1) is 0 Å². The van der Waals surface area contributed by atoms with Crippen molar-refractivity contribution in [3.8, 4) is 0 Å². The molecule has 4 nitrogen and oxygen atoms in total. The van der Waals surface area contributed by atoms with E-state index < -0.39 is 0 Å². The molecule has 5 heteroatoms. The normalized spacial score (nSPS) is 13.8. The van der Waals surface area contributed by atoms with Gasteiger partial charge >= 0.3 is 0 Å². The van der Waals surface area contributed by atoms with E-state index in [4.69, 9.17) is 5.73 Å². The lowest BCUT2D eigenvalue weighted by atomic mass is 10.2. The van der Waals surface area contributed by atoms with E-state index in [9.17, 15) is 4.39 Å². The number of halogens is 1. The first kappa shape index (κ1) is 10.0. The van der Waals surface area contributed by atoms with E-state index in [1.807, 2.05) is 11.0 Å². The maximum absolute atomic E-state index is 13.2. The zero-order valence-corrected chi connectivity index (χ0v) is 9.10. The minimum absolute atomic E-state index is 0.243. The minimum Gasteiger partial charge on any atom is -0.382 e. The zero-order valence-electron chi connectivity index (χ0n) is 9.10. The Balaban J connectivity index is 2.06. The number of aromatic nitrogens is 2. The number of nitrogens with zero attached hydrogens (tertiary/aromatic N) is 3. The highest BCUT2D eigenvalue weighted by molar-refractivity contribution is 5.67. The highest BCUT2D eigenvalue weighted by Gasteiger charge is 2.22. The summed E-state index contributed by atoms with van der Waals surface area (Å²) in [5.74, 6) is 0.786. The second-order valence-electron chi connectivity index (χ2n) is 3.98. The van der Waals surface area contributed by atoms with Gasteiger partial charge in [0.1, 0.15) is 11.6 Å². The number of fused-ring (bicyclic) bond motifs is 1. The number of nitrogens with two attached hydrogens (primary N) is 1. The van der Waals surface area contributed by atoms with E-state index in [0.717, 1.165) is 24.2 Å². The molecular weight excluding hydrogens is 219 g/mol. The van der Waals surface area contributed by atoms with Crippen molar-refractivity contribution in [1.82, 2.24) is 9.97 Å². The maximum atomic E-state index is 13.2. The Morgan fingerprint density at radius 1 is 1.29 bits per heavy atom. The standard InChI is InChI=1S/C12H11FN4/c13-9-2-1-8-3-4-17(10(8)5-9)12-7-15-6-11(14)16-12/h1-2,5-7H,3-4H2,(H2,14,16). The third-order valence-corrected chi connectivity index (χ3v) is 2.86. The van der Waals surface area contributed by atoms with E-state index in [-0.39, 0.29) is 5.82 Å². The van der Waals surface area contributed by atoms with Crippen molar-refractivity contribution in [1.29, 1.82) is 0 Å². The van der Waals surface area contributed by atoms with Crippen LogP contribution in [0.2, 0.25) is 0 Å². The largest absolute Gasteiger partial charge is 0.382 e. The van der Waals surface area contributed by atoms with Crippen LogP contribution in [-0.2, 0) is 6.42 Å². The average Bonchev–Trinajstić information content (AvgIpc) is 2.71. The van der Waals surface area contributed by atoms with Crippen molar-refractivity contribution in [2.24, 2.45) is 0 Å². The van der Waals surface area contributed by atoms with Gasteiger partial charge in [0.25, 0.3) is 0 Å². The topological polar surface area (TPSA) is 55.0 Å². The van der Waals surface area contributed by atoms with Gasteiger partial charge in [0.15, 0.2) is 5.82 Å². The van der Waals surface area contributed by atoms with Crippen molar-refractivity contribution < 1.29 is 4.39 Å². The second kappa shape index (κ2) is 3.69. The Hall–Kier alpha value is -2.17. The van der Waals surface area contributed by atoms with Crippen molar-refractivity contribution in [3.05, 3.63) is 42.0 Å². The van der Waals surface area contributed by atoms with Crippen LogP contribution in [0.4, 0.5) is 21.7 Å². The first-order chi connectivity index (χ1) is 8.24. The molecule has 0 unspecified atom stereocenters. The first-order valence-electron chi connectivity index (χ1n) is 5.37. The molecule has 1 aliphatic heterocycles. The number of benzene rings is 1. The molecule has 3 rings (SSSR count). The molecule has 1 aromatic carbocycles. The number of anilines is 3. The number of rotatable bonds is 1. The molecule has 0 fully saturated rings. The fraction of sp³-hybridized carbons (Fsp3) is 0.167. The van der Waals surface area contributed by atoms with E-state index in [0.29, 0.717) is 11.6 Å². The molecule has 2 heterocycles. The van der Waals surface area contributed by atoms with Crippen LogP contribution in [0.3, 0.4) is 0 Å². The molecule has 17 heavy (non-hydrogen) atoms. The van der Waals surface area contributed by atoms with Gasteiger partial charge in [0, 0.05) is 12.2 Å². The van der Waals surface area contributed by atoms with Crippen LogP contribution in [-0.4, -0.2) is 16.5 Å². The summed E-state index contributed by atoms with van der Waals surface area (Å²) in [5, 5.41) is 0. The van der Waals surface area contributed by atoms with Crippen molar-refractivity contribution in [3.63, 3.8) is 0 Å². The molecular formula is C12H11FN4. The van der Waals surface area contributed by atoms with Gasteiger partial charge in [-0.25, -0.2) is 9.37 Å². The highest BCUT2D eigenvalue weighted by atomic mass is 19.1. The third-order valence-electron chi connectivity index (χ3n) is 2.86. The lowest BCUT2D eigenvalue weighted by Crippen LogP contribution is -2.15. The predicted molar refractivity (Wildman–Crippen MR) is 63.6 cm³/mol. The minimum atomic E-state index is -0.243. The smallest absolute Gasteiger partial charge is 0.153 e. The molecule has 2 N–H and O–H groups in total. The monoisotopic (exact) mass is 230 g/mol. The summed E-state index contributed by atoms with van der Waals surface area (Å²) < 4.78 is 13.2. The fourth-order valence-electron chi connectivity index (χ4n) is 2.09. The summed E-state index contributed by atoms with van der Waals surface area (Å²) in [6.45, 7) is 0.775. The van der Waals surface area contributed by atoms with E-state index in [1.165, 1.54) is 18.3 Å². The summed E-state index contributed by atoms with van der Waals surface area (Å²) in [6, 6.07) is 4.81. The molecule has 1 aromatic heterocycles. The summed E-state index contributed by atoms with van der Waals surface area (Å²) >= 11 is 0. The van der Waals surface area contributed by atoms with E-state index in [2.05, 4.69) is 9.97 Å². The van der Waals surface area contributed by atoms with Crippen LogP contribution in [0.25, 0.3) is 0 Å². The van der Waals surface area contributed by atoms with Crippen molar-refractivity contribution >= 4 is 17.3 Å². The van der Waals surface area contributed by atoms with Crippen LogP contribution in [0.1, 0.15) is 5.56 Å². The van der Waals surface area contributed by atoms with Gasteiger partial charge in [-0.05, 0) is 24.1 Å². The molecule has 0 saturated heterocycles. The molecule has 0 saturated carbocycles. The number of hydrogen-bond donors (Lipinski definition) is 1. The lowest BCUT2D eigenvalue weighted by molar-refractivity contribution is 0.628. The summed E-state index contributed by atoms with van der Waals surface area (Å²) in [4.78, 5) is 10.1. The highest BCUT2D eigenvalue weighted by Crippen LogP contribution is 2.33. The molecule has 0 atom stereocenters. The first-order valence-corrected chi connectivity index (χ1v) is 5.37. The molecule has 0 amide bonds. The van der Waals surface area contributed by atoms with Gasteiger partial charge in [0.05, 0.1) is 12.4 Å². The van der Waals surface area contributed by atoms with Gasteiger partial charge in [-0.1, -0.05) is 6.07 Å². The van der Waals surface area contributed by atoms with E-state index in [1.54, 1.807) is 6.20 Å². The second-order valence-corrected chi connectivity index (χ2v) is 3.98. The number of hydrogen-bond acceptors (Lipinski definition) is 4. The fourth-order valence-corrected chi connectivity index (χ4v) is 2.09. The Labute approximate surface area is 97.9 Å². The van der Waals surface area contributed by atoms with Crippen LogP contribution in [0, 0.1) is 5.82 Å². The van der Waals surface area contributed by atoms with E-state index >= 15 is 0 Å². The van der Waals surface area contributed by atoms with Gasteiger partial charge in [0.2, 0.25) is 0 Å². The van der Waals surface area contributed by atoms with Crippen LogP contribution >= 0.6 is 0 Å². The van der Waals surface area contributed by atoms with Crippen LogP contribution in [0.15, 0.2) is 30.6 Å². The molecule has 0 bridgehead atoms. The van der Waals surface area contributed by atoms with Crippen molar-refractivity contribution in [2.75, 3.05) is 17.2 Å². The summed E-state index contributed by atoms with van der Waals surface area (Å²) in [6.07, 6.45) is 4.01. The molecule has 0 spiro atoms. The Kier molecular flexibility index (Phi) is 2.18. The van der Waals surface area contributed by atoms with Crippen molar-refractivity contribution in [2.45, 2.75) is 6.42 Å². The molecule has 1 aliphatic rings.